The van der Waals surface area contributed by atoms with E-state index < -0.39 is 0 Å². The second-order valence-electron chi connectivity index (χ2n) is 9.85. The molecule has 0 amide bonds. The number of nitrogens with two attached hydrogens (primary N) is 1. The number of likely N-dealkylation sites (tertiary alicyclic amines) is 1. The number of halogens is 2. The van der Waals surface area contributed by atoms with E-state index in [0.29, 0.717) is 38.8 Å². The summed E-state index contributed by atoms with van der Waals surface area (Å²) in [5.41, 5.74) is 11.1. The first-order chi connectivity index (χ1) is 16.2. The van der Waals surface area contributed by atoms with Crippen LogP contribution >= 0.6 is 23.2 Å². The zero-order valence-corrected chi connectivity index (χ0v) is 20.9. The lowest BCUT2D eigenvalue weighted by molar-refractivity contribution is -0.00279. The molecule has 0 saturated carbocycles. The summed E-state index contributed by atoms with van der Waals surface area (Å²) in [6.07, 6.45) is 5.73. The number of nitrogens with one attached hydrogen (secondary N) is 1. The van der Waals surface area contributed by atoms with Crippen LogP contribution in [-0.2, 0) is 6.42 Å². The van der Waals surface area contributed by atoms with E-state index in [0.717, 1.165) is 35.6 Å². The van der Waals surface area contributed by atoms with Crippen molar-refractivity contribution >= 4 is 40.4 Å². The van der Waals surface area contributed by atoms with Crippen molar-refractivity contribution in [2.75, 3.05) is 43.9 Å². The standard InChI is InChI=1S/C26H28Cl2N6/c1-16(24-20(27)10-31-11-21(24)28)7-17-3-5-22(29)19(8-17)25(30)18-4-6-23(32-9-18)34-14-26(15-34)12-33(2)13-26/h3-6,8-11,16,30H,7,12-15,29H2,1-2H3/t16-/m0/s1. The number of pyridine rings is 2. The second kappa shape index (κ2) is 8.84. The van der Waals surface area contributed by atoms with Gasteiger partial charge in [0.25, 0.3) is 0 Å². The fourth-order valence-electron chi connectivity index (χ4n) is 5.40. The van der Waals surface area contributed by atoms with Gasteiger partial charge in [-0.05, 0) is 54.8 Å². The number of nitrogen functional groups attached to an aromatic ring is 1. The average Bonchev–Trinajstić information content (AvgIpc) is 2.76. The highest BCUT2D eigenvalue weighted by molar-refractivity contribution is 6.35. The molecule has 0 unspecified atom stereocenters. The minimum Gasteiger partial charge on any atom is -0.398 e. The van der Waals surface area contributed by atoms with Crippen molar-refractivity contribution in [1.82, 2.24) is 14.9 Å². The molecule has 176 valence electrons. The molecule has 1 spiro atoms. The van der Waals surface area contributed by atoms with Gasteiger partial charge < -0.3 is 15.5 Å². The molecule has 3 aromatic rings. The molecule has 1 atom stereocenters. The Hall–Kier alpha value is -2.67. The van der Waals surface area contributed by atoms with Crippen molar-refractivity contribution in [3.8, 4) is 0 Å². The molecule has 2 saturated heterocycles. The normalized spacial score (nSPS) is 17.8. The van der Waals surface area contributed by atoms with Crippen LogP contribution in [0.2, 0.25) is 10.0 Å². The van der Waals surface area contributed by atoms with E-state index >= 15 is 0 Å². The van der Waals surface area contributed by atoms with Crippen molar-refractivity contribution < 1.29 is 0 Å². The Morgan fingerprint density at radius 1 is 1.09 bits per heavy atom. The molecule has 6 nitrogen and oxygen atoms in total. The van der Waals surface area contributed by atoms with E-state index in [1.165, 1.54) is 13.1 Å². The highest BCUT2D eigenvalue weighted by Gasteiger charge is 2.50. The van der Waals surface area contributed by atoms with E-state index in [1.807, 2.05) is 30.3 Å². The van der Waals surface area contributed by atoms with Gasteiger partial charge in [-0.15, -0.1) is 0 Å². The van der Waals surface area contributed by atoms with Gasteiger partial charge in [-0.25, -0.2) is 4.98 Å². The Balaban J connectivity index is 1.30. The summed E-state index contributed by atoms with van der Waals surface area (Å²) in [6.45, 7) is 6.53. The summed E-state index contributed by atoms with van der Waals surface area (Å²) in [5.74, 6) is 1.06. The molecule has 1 aromatic carbocycles. The lowest BCUT2D eigenvalue weighted by Crippen LogP contribution is -2.71. The predicted molar refractivity (Wildman–Crippen MR) is 140 cm³/mol. The fourth-order valence-corrected chi connectivity index (χ4v) is 6.13. The van der Waals surface area contributed by atoms with Crippen molar-refractivity contribution in [1.29, 1.82) is 5.41 Å². The van der Waals surface area contributed by atoms with Crippen LogP contribution in [0.1, 0.15) is 35.1 Å². The van der Waals surface area contributed by atoms with Gasteiger partial charge in [0.1, 0.15) is 5.82 Å². The number of anilines is 2. The zero-order chi connectivity index (χ0) is 24.0. The smallest absolute Gasteiger partial charge is 0.128 e. The lowest BCUT2D eigenvalue weighted by Gasteiger charge is -2.59. The summed E-state index contributed by atoms with van der Waals surface area (Å²) in [5, 5.41) is 9.92. The summed E-state index contributed by atoms with van der Waals surface area (Å²) in [7, 11) is 2.16. The average molecular weight is 495 g/mol. The van der Waals surface area contributed by atoms with Crippen molar-refractivity contribution in [2.45, 2.75) is 19.3 Å². The van der Waals surface area contributed by atoms with Gasteiger partial charge in [-0.3, -0.25) is 10.4 Å². The van der Waals surface area contributed by atoms with Gasteiger partial charge in [-0.1, -0.05) is 36.2 Å². The third-order valence-corrected chi connectivity index (χ3v) is 7.54. The summed E-state index contributed by atoms with van der Waals surface area (Å²) in [6, 6.07) is 9.81. The molecule has 2 fully saturated rings. The maximum atomic E-state index is 8.79. The molecular formula is C26H28Cl2N6. The molecule has 0 aliphatic carbocycles. The third kappa shape index (κ3) is 4.26. The molecule has 2 aromatic heterocycles. The topological polar surface area (TPSA) is 82.1 Å². The molecule has 2 aliphatic heterocycles. The van der Waals surface area contributed by atoms with Gasteiger partial charge in [-0.2, -0.15) is 0 Å². The number of benzene rings is 1. The summed E-state index contributed by atoms with van der Waals surface area (Å²) < 4.78 is 0. The maximum Gasteiger partial charge on any atom is 0.128 e. The molecule has 0 bridgehead atoms. The maximum absolute atomic E-state index is 8.79. The third-order valence-electron chi connectivity index (χ3n) is 6.94. The van der Waals surface area contributed by atoms with Crippen LogP contribution in [0, 0.1) is 10.8 Å². The minimum atomic E-state index is 0.0879. The van der Waals surface area contributed by atoms with Gasteiger partial charge in [0.15, 0.2) is 0 Å². The number of nitrogens with zero attached hydrogens (tertiary/aromatic N) is 4. The fraction of sp³-hybridized carbons (Fsp3) is 0.346. The van der Waals surface area contributed by atoms with E-state index in [-0.39, 0.29) is 5.92 Å². The molecule has 2 aliphatic rings. The SMILES string of the molecule is C[C@@H](Cc1ccc(N)c(C(=N)c2ccc(N3CC4(CN(C)C4)C3)nc2)c1)c1c(Cl)cncc1Cl. The van der Waals surface area contributed by atoms with Crippen LogP contribution in [-0.4, -0.2) is 53.8 Å². The van der Waals surface area contributed by atoms with E-state index in [4.69, 9.17) is 34.3 Å². The van der Waals surface area contributed by atoms with E-state index in [1.54, 1.807) is 18.6 Å². The first-order valence-electron chi connectivity index (χ1n) is 11.4. The number of hydrogen-bond acceptors (Lipinski definition) is 6. The first-order valence-corrected chi connectivity index (χ1v) is 12.2. The molecule has 5 rings (SSSR count). The van der Waals surface area contributed by atoms with Gasteiger partial charge in [0, 0.05) is 67.0 Å². The number of hydrogen-bond donors (Lipinski definition) is 2. The molecule has 3 N–H and O–H groups in total. The lowest BCUT2D eigenvalue weighted by atomic mass is 9.73. The Bertz CT molecular complexity index is 1210. The molecule has 0 radical (unpaired) electrons. The Morgan fingerprint density at radius 2 is 1.79 bits per heavy atom. The summed E-state index contributed by atoms with van der Waals surface area (Å²) in [4.78, 5) is 13.4. The quantitative estimate of drug-likeness (QED) is 0.376. The van der Waals surface area contributed by atoms with Crippen molar-refractivity contribution in [3.05, 3.63) is 81.2 Å². The first kappa shape index (κ1) is 23.1. The summed E-state index contributed by atoms with van der Waals surface area (Å²) >= 11 is 12.7. The predicted octanol–water partition coefficient (Wildman–Crippen LogP) is 4.88. The molecule has 8 heteroatoms. The Kier molecular flexibility index (Phi) is 6.00. The van der Waals surface area contributed by atoms with Crippen LogP contribution < -0.4 is 10.6 Å². The monoisotopic (exact) mass is 494 g/mol. The Morgan fingerprint density at radius 3 is 2.41 bits per heavy atom. The van der Waals surface area contributed by atoms with Crippen LogP contribution in [0.3, 0.4) is 0 Å². The molecule has 34 heavy (non-hydrogen) atoms. The van der Waals surface area contributed by atoms with Crippen LogP contribution in [0.5, 0.6) is 0 Å². The Labute approximate surface area is 210 Å². The van der Waals surface area contributed by atoms with E-state index in [2.05, 4.69) is 33.7 Å². The highest BCUT2D eigenvalue weighted by atomic mass is 35.5. The van der Waals surface area contributed by atoms with E-state index in [9.17, 15) is 0 Å². The van der Waals surface area contributed by atoms with Gasteiger partial charge in [0.05, 0.1) is 15.8 Å². The number of aromatic nitrogens is 2. The van der Waals surface area contributed by atoms with Crippen molar-refractivity contribution in [2.24, 2.45) is 5.41 Å². The van der Waals surface area contributed by atoms with Gasteiger partial charge in [0.2, 0.25) is 0 Å². The molecular weight excluding hydrogens is 467 g/mol. The highest BCUT2D eigenvalue weighted by Crippen LogP contribution is 2.40. The van der Waals surface area contributed by atoms with Crippen LogP contribution in [0.25, 0.3) is 0 Å². The van der Waals surface area contributed by atoms with Crippen molar-refractivity contribution in [3.63, 3.8) is 0 Å². The number of rotatable bonds is 6. The largest absolute Gasteiger partial charge is 0.398 e. The van der Waals surface area contributed by atoms with Crippen LogP contribution in [0.4, 0.5) is 11.5 Å². The zero-order valence-electron chi connectivity index (χ0n) is 19.4. The van der Waals surface area contributed by atoms with Gasteiger partial charge >= 0.3 is 0 Å². The van der Waals surface area contributed by atoms with Crippen LogP contribution in [0.15, 0.2) is 48.9 Å². The molecule has 4 heterocycles. The minimum absolute atomic E-state index is 0.0879. The second-order valence-corrected chi connectivity index (χ2v) is 10.7.